The largest absolute Gasteiger partial charge is 0.324 e. The lowest BCUT2D eigenvalue weighted by molar-refractivity contribution is 0.306. The molecular weight excluding hydrogens is 195 g/mol. The molecule has 0 aliphatic rings. The molecule has 1 atom stereocenters. The Kier molecular flexibility index (Phi) is 4.37. The number of hydrogen-bond donors (Lipinski definition) is 0. The highest BCUT2D eigenvalue weighted by molar-refractivity contribution is 7.58. The highest BCUT2D eigenvalue weighted by Crippen LogP contribution is 2.43. The molecule has 3 heteroatoms. The molecule has 0 radical (unpaired) electrons. The van der Waals surface area contributed by atoms with Gasteiger partial charge in [-0.05, 0) is 12.0 Å². The van der Waals surface area contributed by atoms with Crippen LogP contribution in [0.5, 0.6) is 0 Å². The fourth-order valence-electron chi connectivity index (χ4n) is 1.26. The van der Waals surface area contributed by atoms with E-state index in [0.29, 0.717) is 12.8 Å². The molecule has 1 rings (SSSR count). The van der Waals surface area contributed by atoms with Gasteiger partial charge in [0.05, 0.1) is 6.61 Å². The van der Waals surface area contributed by atoms with Crippen molar-refractivity contribution in [3.05, 3.63) is 35.9 Å². The maximum Gasteiger partial charge on any atom is 0.200 e. The van der Waals surface area contributed by atoms with Crippen molar-refractivity contribution in [2.24, 2.45) is 0 Å². The summed E-state index contributed by atoms with van der Waals surface area (Å²) in [6.07, 6.45) is 1.57. The third kappa shape index (κ3) is 4.08. The minimum Gasteiger partial charge on any atom is -0.324 e. The first kappa shape index (κ1) is 11.5. The Hall–Kier alpha value is -0.590. The highest BCUT2D eigenvalue weighted by atomic mass is 31.2. The fraction of sp³-hybridized carbons (Fsp3) is 0.455. The lowest BCUT2D eigenvalue weighted by Gasteiger charge is -2.12. The maximum absolute atomic E-state index is 11.8. The molecule has 2 nitrogen and oxygen atoms in total. The monoisotopic (exact) mass is 212 g/mol. The predicted octanol–water partition coefficient (Wildman–Crippen LogP) is 3.52. The first-order valence-corrected chi connectivity index (χ1v) is 7.15. The summed E-state index contributed by atoms with van der Waals surface area (Å²) in [7, 11) is -2.36. The molecule has 1 aromatic rings. The van der Waals surface area contributed by atoms with Gasteiger partial charge in [0.25, 0.3) is 0 Å². The van der Waals surface area contributed by atoms with Crippen molar-refractivity contribution in [3.63, 3.8) is 0 Å². The SMILES string of the molecule is CCCP(C)(=O)OCc1ccccc1. The number of rotatable bonds is 5. The van der Waals surface area contributed by atoms with E-state index >= 15 is 0 Å². The molecule has 0 aliphatic carbocycles. The van der Waals surface area contributed by atoms with E-state index in [1.54, 1.807) is 6.66 Å². The molecule has 0 N–H and O–H groups in total. The highest BCUT2D eigenvalue weighted by Gasteiger charge is 2.13. The van der Waals surface area contributed by atoms with E-state index in [1.807, 2.05) is 37.3 Å². The lowest BCUT2D eigenvalue weighted by Crippen LogP contribution is -1.94. The van der Waals surface area contributed by atoms with Crippen molar-refractivity contribution < 1.29 is 9.09 Å². The molecule has 0 spiro atoms. The second-order valence-corrected chi connectivity index (χ2v) is 6.23. The van der Waals surface area contributed by atoms with Crippen molar-refractivity contribution in [2.45, 2.75) is 20.0 Å². The van der Waals surface area contributed by atoms with Crippen molar-refractivity contribution >= 4 is 7.37 Å². The van der Waals surface area contributed by atoms with E-state index in [-0.39, 0.29) is 0 Å². The summed E-state index contributed by atoms with van der Waals surface area (Å²) in [5.41, 5.74) is 1.07. The van der Waals surface area contributed by atoms with Gasteiger partial charge < -0.3 is 4.52 Å². The zero-order chi connectivity index (χ0) is 10.4. The fourth-order valence-corrected chi connectivity index (χ4v) is 2.62. The smallest absolute Gasteiger partial charge is 0.200 e. The van der Waals surface area contributed by atoms with Crippen LogP contribution in [0.2, 0.25) is 0 Å². The van der Waals surface area contributed by atoms with Crippen molar-refractivity contribution in [1.29, 1.82) is 0 Å². The van der Waals surface area contributed by atoms with Gasteiger partial charge in [0.2, 0.25) is 0 Å². The first-order chi connectivity index (χ1) is 6.64. The average molecular weight is 212 g/mol. The third-order valence-electron chi connectivity index (χ3n) is 1.98. The van der Waals surface area contributed by atoms with E-state index in [1.165, 1.54) is 0 Å². The Morgan fingerprint density at radius 2 is 1.93 bits per heavy atom. The topological polar surface area (TPSA) is 26.3 Å². The standard InChI is InChI=1S/C11H17O2P/c1-3-9-14(2,12)13-10-11-7-5-4-6-8-11/h4-8H,3,9-10H2,1-2H3. The molecule has 78 valence electrons. The minimum atomic E-state index is -2.36. The van der Waals surface area contributed by atoms with Gasteiger partial charge in [-0.3, -0.25) is 4.57 Å². The van der Waals surface area contributed by atoms with Gasteiger partial charge in [-0.2, -0.15) is 0 Å². The van der Waals surface area contributed by atoms with Gasteiger partial charge in [0.1, 0.15) is 0 Å². The van der Waals surface area contributed by atoms with Gasteiger partial charge in [0.15, 0.2) is 7.37 Å². The van der Waals surface area contributed by atoms with Crippen LogP contribution in [0, 0.1) is 0 Å². The molecular formula is C11H17O2P. The third-order valence-corrected chi connectivity index (χ3v) is 3.91. The van der Waals surface area contributed by atoms with E-state index in [4.69, 9.17) is 4.52 Å². The molecule has 14 heavy (non-hydrogen) atoms. The van der Waals surface area contributed by atoms with Crippen LogP contribution in [0.1, 0.15) is 18.9 Å². The molecule has 1 unspecified atom stereocenters. The number of benzene rings is 1. The predicted molar refractivity (Wildman–Crippen MR) is 59.9 cm³/mol. The average Bonchev–Trinajstić information content (AvgIpc) is 2.17. The summed E-state index contributed by atoms with van der Waals surface area (Å²) in [5, 5.41) is 0. The lowest BCUT2D eigenvalue weighted by atomic mass is 10.2. The van der Waals surface area contributed by atoms with Gasteiger partial charge >= 0.3 is 0 Å². The van der Waals surface area contributed by atoms with Crippen LogP contribution >= 0.6 is 7.37 Å². The molecule has 0 bridgehead atoms. The maximum atomic E-state index is 11.8. The van der Waals surface area contributed by atoms with Crippen molar-refractivity contribution in [3.8, 4) is 0 Å². The summed E-state index contributed by atoms with van der Waals surface area (Å²) in [6.45, 7) is 4.18. The second-order valence-electron chi connectivity index (χ2n) is 3.50. The van der Waals surface area contributed by atoms with Crippen molar-refractivity contribution in [1.82, 2.24) is 0 Å². The molecule has 0 aliphatic heterocycles. The normalized spacial score (nSPS) is 15.0. The van der Waals surface area contributed by atoms with Crippen LogP contribution in [-0.2, 0) is 15.7 Å². The van der Waals surface area contributed by atoms with E-state index in [2.05, 4.69) is 0 Å². The molecule has 0 aromatic heterocycles. The Bertz CT molecular complexity index is 308. The Morgan fingerprint density at radius 3 is 2.50 bits per heavy atom. The van der Waals surface area contributed by atoms with Gasteiger partial charge in [-0.1, -0.05) is 37.3 Å². The van der Waals surface area contributed by atoms with E-state index < -0.39 is 7.37 Å². The Balaban J connectivity index is 2.45. The van der Waals surface area contributed by atoms with Crippen LogP contribution in [0.4, 0.5) is 0 Å². The summed E-state index contributed by atoms with van der Waals surface area (Å²) < 4.78 is 17.2. The molecule has 0 amide bonds. The molecule has 0 saturated heterocycles. The molecule has 1 aromatic carbocycles. The summed E-state index contributed by atoms with van der Waals surface area (Å²) >= 11 is 0. The molecule has 0 fully saturated rings. The van der Waals surface area contributed by atoms with Gasteiger partial charge in [-0.15, -0.1) is 0 Å². The van der Waals surface area contributed by atoms with Gasteiger partial charge in [-0.25, -0.2) is 0 Å². The number of hydrogen-bond acceptors (Lipinski definition) is 2. The summed E-state index contributed by atoms with van der Waals surface area (Å²) in [6, 6.07) is 9.83. The second kappa shape index (κ2) is 5.33. The Morgan fingerprint density at radius 1 is 1.29 bits per heavy atom. The van der Waals surface area contributed by atoms with Crippen LogP contribution in [-0.4, -0.2) is 12.8 Å². The minimum absolute atomic E-state index is 0.453. The van der Waals surface area contributed by atoms with Gasteiger partial charge in [0, 0.05) is 12.8 Å². The summed E-state index contributed by atoms with van der Waals surface area (Å²) in [4.78, 5) is 0. The van der Waals surface area contributed by atoms with Crippen LogP contribution in [0.25, 0.3) is 0 Å². The first-order valence-electron chi connectivity index (χ1n) is 4.89. The summed E-state index contributed by atoms with van der Waals surface area (Å²) in [5.74, 6) is 0. The zero-order valence-electron chi connectivity index (χ0n) is 8.77. The van der Waals surface area contributed by atoms with E-state index in [9.17, 15) is 4.57 Å². The Labute approximate surface area is 85.7 Å². The van der Waals surface area contributed by atoms with E-state index in [0.717, 1.165) is 12.0 Å². The van der Waals surface area contributed by atoms with Crippen LogP contribution in [0.3, 0.4) is 0 Å². The molecule has 0 heterocycles. The zero-order valence-corrected chi connectivity index (χ0v) is 9.67. The molecule has 0 saturated carbocycles. The van der Waals surface area contributed by atoms with Crippen molar-refractivity contribution in [2.75, 3.05) is 12.8 Å². The van der Waals surface area contributed by atoms with Crippen LogP contribution in [0.15, 0.2) is 30.3 Å². The quantitative estimate of drug-likeness (QED) is 0.698. The van der Waals surface area contributed by atoms with Crippen LogP contribution < -0.4 is 0 Å².